The van der Waals surface area contributed by atoms with Gasteiger partial charge in [0.05, 0.1) is 18.2 Å². The number of pyridine rings is 1. The summed E-state index contributed by atoms with van der Waals surface area (Å²) in [7, 11) is 0. The van der Waals surface area contributed by atoms with Gasteiger partial charge in [0.1, 0.15) is 5.82 Å². The summed E-state index contributed by atoms with van der Waals surface area (Å²) in [6, 6.07) is 11.0. The van der Waals surface area contributed by atoms with Gasteiger partial charge in [-0.15, -0.1) is 0 Å². The topological polar surface area (TPSA) is 59.7 Å². The number of nitrogens with zero attached hydrogens (tertiary/aromatic N) is 6. The van der Waals surface area contributed by atoms with Crippen LogP contribution in [0.25, 0.3) is 22.6 Å². The molecule has 0 radical (unpaired) electrons. The van der Waals surface area contributed by atoms with E-state index in [0.29, 0.717) is 11.7 Å². The average molecular weight is 388 g/mol. The van der Waals surface area contributed by atoms with E-state index in [9.17, 15) is 4.39 Å². The number of benzene rings is 1. The summed E-state index contributed by atoms with van der Waals surface area (Å²) in [5.41, 5.74) is 4.39. The van der Waals surface area contributed by atoms with Crippen LogP contribution in [0.5, 0.6) is 0 Å². The predicted octanol–water partition coefficient (Wildman–Crippen LogP) is 3.86. The Hall–Kier alpha value is -3.19. The summed E-state index contributed by atoms with van der Waals surface area (Å²) in [5.74, 6) is -0.189. The van der Waals surface area contributed by atoms with Crippen LogP contribution >= 0.6 is 0 Å². The minimum Gasteiger partial charge on any atom is -0.311 e. The number of hydrogen-bond acceptors (Lipinski definition) is 5. The molecular weight excluding hydrogens is 367 g/mol. The van der Waals surface area contributed by atoms with Gasteiger partial charge in [0, 0.05) is 43.6 Å². The first-order valence-electron chi connectivity index (χ1n) is 9.83. The predicted molar refractivity (Wildman–Crippen MR) is 109 cm³/mol. The molecule has 29 heavy (non-hydrogen) atoms. The summed E-state index contributed by atoms with van der Waals surface area (Å²) >= 11 is 0. The Kier molecular flexibility index (Phi) is 4.73. The lowest BCUT2D eigenvalue weighted by molar-refractivity contribution is 0.181. The quantitative estimate of drug-likeness (QED) is 0.531. The Morgan fingerprint density at radius 1 is 1.00 bits per heavy atom. The Balaban J connectivity index is 1.32. The molecule has 1 aliphatic rings. The van der Waals surface area contributed by atoms with Crippen molar-refractivity contribution in [1.29, 1.82) is 0 Å². The molecule has 7 heteroatoms. The molecule has 6 nitrogen and oxygen atoms in total. The number of likely N-dealkylation sites (tertiary alicyclic amines) is 1. The van der Waals surface area contributed by atoms with Crippen LogP contribution in [-0.4, -0.2) is 42.5 Å². The van der Waals surface area contributed by atoms with Gasteiger partial charge in [-0.3, -0.25) is 9.88 Å². The van der Waals surface area contributed by atoms with Crippen LogP contribution in [0, 0.1) is 5.82 Å². The second-order valence-electron chi connectivity index (χ2n) is 7.43. The Bertz CT molecular complexity index is 1100. The highest BCUT2D eigenvalue weighted by Crippen LogP contribution is 2.27. The van der Waals surface area contributed by atoms with Gasteiger partial charge in [-0.05, 0) is 42.7 Å². The maximum absolute atomic E-state index is 13.1. The van der Waals surface area contributed by atoms with Gasteiger partial charge < -0.3 is 4.57 Å². The van der Waals surface area contributed by atoms with Crippen LogP contribution in [0.3, 0.4) is 0 Å². The Morgan fingerprint density at radius 2 is 1.83 bits per heavy atom. The molecule has 1 fully saturated rings. The smallest absolute Gasteiger partial charge is 0.197 e. The van der Waals surface area contributed by atoms with Gasteiger partial charge in [0.15, 0.2) is 11.3 Å². The summed E-state index contributed by atoms with van der Waals surface area (Å²) in [4.78, 5) is 20.3. The molecule has 0 atom stereocenters. The lowest BCUT2D eigenvalue weighted by Gasteiger charge is -2.32. The fourth-order valence-electron chi connectivity index (χ4n) is 3.93. The minimum atomic E-state index is -0.189. The van der Waals surface area contributed by atoms with Crippen molar-refractivity contribution in [3.8, 4) is 11.3 Å². The molecule has 0 aliphatic carbocycles. The normalized spacial score (nSPS) is 15.8. The first-order chi connectivity index (χ1) is 14.3. The lowest BCUT2D eigenvalue weighted by Crippen LogP contribution is -2.34. The first-order valence-corrected chi connectivity index (χ1v) is 9.83. The number of halogens is 1. The van der Waals surface area contributed by atoms with Gasteiger partial charge in [-0.1, -0.05) is 12.1 Å². The molecule has 4 heterocycles. The molecule has 0 saturated carbocycles. The third kappa shape index (κ3) is 3.73. The highest BCUT2D eigenvalue weighted by atomic mass is 19.1. The van der Waals surface area contributed by atoms with E-state index in [1.54, 1.807) is 18.6 Å². The monoisotopic (exact) mass is 388 g/mol. The standard InChI is InChI=1S/C22H21FN6/c23-18-5-3-16(4-6-18)14-28-10-7-19(8-11-28)29-15-26-21-22(29)27-20(13-25-21)17-2-1-9-24-12-17/h1-6,9,12-13,15,19H,7-8,10-11,14H2. The number of rotatable bonds is 4. The summed E-state index contributed by atoms with van der Waals surface area (Å²) < 4.78 is 15.3. The van der Waals surface area contributed by atoms with Crippen LogP contribution in [0.15, 0.2) is 61.3 Å². The third-order valence-corrected chi connectivity index (χ3v) is 5.51. The lowest BCUT2D eigenvalue weighted by atomic mass is 10.0. The number of hydrogen-bond donors (Lipinski definition) is 0. The van der Waals surface area contributed by atoms with E-state index in [-0.39, 0.29) is 5.82 Å². The maximum Gasteiger partial charge on any atom is 0.197 e. The summed E-state index contributed by atoms with van der Waals surface area (Å²) in [6.45, 7) is 2.82. The molecule has 0 spiro atoms. The molecule has 3 aromatic heterocycles. The second-order valence-corrected chi connectivity index (χ2v) is 7.43. The third-order valence-electron chi connectivity index (χ3n) is 5.51. The SMILES string of the molecule is Fc1ccc(CN2CCC(n3cnc4ncc(-c5cccnc5)nc43)CC2)cc1. The van der Waals surface area contributed by atoms with Gasteiger partial charge in [0.25, 0.3) is 0 Å². The number of aromatic nitrogens is 5. The number of fused-ring (bicyclic) bond motifs is 1. The molecule has 1 aliphatic heterocycles. The zero-order valence-corrected chi connectivity index (χ0v) is 15.9. The van der Waals surface area contributed by atoms with Crippen molar-refractivity contribution < 1.29 is 4.39 Å². The fraction of sp³-hybridized carbons (Fsp3) is 0.273. The molecule has 0 amide bonds. The van der Waals surface area contributed by atoms with E-state index in [4.69, 9.17) is 4.98 Å². The van der Waals surface area contributed by atoms with Gasteiger partial charge in [-0.2, -0.15) is 0 Å². The van der Waals surface area contributed by atoms with Crippen LogP contribution < -0.4 is 0 Å². The maximum atomic E-state index is 13.1. The summed E-state index contributed by atoms with van der Waals surface area (Å²) in [5, 5.41) is 0. The van der Waals surface area contributed by atoms with Crippen LogP contribution in [-0.2, 0) is 6.54 Å². The van der Waals surface area contributed by atoms with Gasteiger partial charge in [-0.25, -0.2) is 19.3 Å². The molecule has 146 valence electrons. The zero-order valence-electron chi connectivity index (χ0n) is 15.9. The van der Waals surface area contributed by atoms with E-state index in [2.05, 4.69) is 24.4 Å². The van der Waals surface area contributed by atoms with Crippen molar-refractivity contribution in [2.75, 3.05) is 13.1 Å². The van der Waals surface area contributed by atoms with Crippen molar-refractivity contribution in [1.82, 2.24) is 29.4 Å². The fourth-order valence-corrected chi connectivity index (χ4v) is 3.93. The molecule has 1 aromatic carbocycles. The molecule has 0 unspecified atom stereocenters. The Labute approximate surface area is 168 Å². The van der Waals surface area contributed by atoms with E-state index in [1.165, 1.54) is 12.1 Å². The Morgan fingerprint density at radius 3 is 2.59 bits per heavy atom. The molecule has 1 saturated heterocycles. The van der Waals surface area contributed by atoms with Crippen LogP contribution in [0.2, 0.25) is 0 Å². The van der Waals surface area contributed by atoms with Crippen molar-refractivity contribution in [2.24, 2.45) is 0 Å². The van der Waals surface area contributed by atoms with Crippen molar-refractivity contribution in [3.05, 3.63) is 72.7 Å². The van der Waals surface area contributed by atoms with E-state index in [1.807, 2.05) is 30.6 Å². The molecule has 0 N–H and O–H groups in total. The second kappa shape index (κ2) is 7.67. The first kappa shape index (κ1) is 17.9. The summed E-state index contributed by atoms with van der Waals surface area (Å²) in [6.07, 6.45) is 9.20. The zero-order chi connectivity index (χ0) is 19.6. The molecular formula is C22H21FN6. The number of imidazole rings is 1. The minimum absolute atomic E-state index is 0.189. The van der Waals surface area contributed by atoms with Crippen molar-refractivity contribution in [3.63, 3.8) is 0 Å². The average Bonchev–Trinajstić information content (AvgIpc) is 3.20. The molecule has 5 rings (SSSR count). The van der Waals surface area contributed by atoms with E-state index in [0.717, 1.165) is 54.9 Å². The van der Waals surface area contributed by atoms with Gasteiger partial charge in [0.2, 0.25) is 0 Å². The highest BCUT2D eigenvalue weighted by Gasteiger charge is 2.23. The van der Waals surface area contributed by atoms with E-state index < -0.39 is 0 Å². The van der Waals surface area contributed by atoms with Crippen LogP contribution in [0.1, 0.15) is 24.4 Å². The van der Waals surface area contributed by atoms with Crippen LogP contribution in [0.4, 0.5) is 4.39 Å². The van der Waals surface area contributed by atoms with E-state index >= 15 is 0 Å². The van der Waals surface area contributed by atoms with Crippen molar-refractivity contribution in [2.45, 2.75) is 25.4 Å². The molecule has 0 bridgehead atoms. The molecule has 4 aromatic rings. The van der Waals surface area contributed by atoms with Crippen molar-refractivity contribution >= 4 is 11.3 Å². The number of piperidine rings is 1. The van der Waals surface area contributed by atoms with Gasteiger partial charge >= 0.3 is 0 Å². The largest absolute Gasteiger partial charge is 0.311 e. The highest BCUT2D eigenvalue weighted by molar-refractivity contribution is 5.70.